The molecule has 0 amide bonds. The van der Waals surface area contributed by atoms with Gasteiger partial charge >= 0.3 is 0 Å². The van der Waals surface area contributed by atoms with Gasteiger partial charge < -0.3 is 5.73 Å². The molecule has 5 heteroatoms. The van der Waals surface area contributed by atoms with Crippen molar-refractivity contribution in [3.8, 4) is 0 Å². The molecule has 0 spiro atoms. The van der Waals surface area contributed by atoms with Crippen molar-refractivity contribution in [2.24, 2.45) is 5.73 Å². The third kappa shape index (κ3) is 3.90. The highest BCUT2D eigenvalue weighted by molar-refractivity contribution is 7.65. The molecule has 0 aliphatic carbocycles. The molecule has 0 aliphatic heterocycles. The highest BCUT2D eigenvalue weighted by Gasteiger charge is 2.32. The van der Waals surface area contributed by atoms with Gasteiger partial charge in [-0.3, -0.25) is 4.79 Å². The molecule has 0 rings (SSSR count). The molecule has 0 unspecified atom stereocenters. The lowest BCUT2D eigenvalue weighted by Gasteiger charge is -2.07. The van der Waals surface area contributed by atoms with E-state index in [0.29, 0.717) is 0 Å². The van der Waals surface area contributed by atoms with Gasteiger partial charge in [-0.25, -0.2) is 9.79 Å². The Kier molecular flexibility index (Phi) is 3.98. The lowest BCUT2D eigenvalue weighted by atomic mass is 10.5. The van der Waals surface area contributed by atoms with Crippen LogP contribution in [0.1, 0.15) is 6.92 Å². The predicted molar refractivity (Wildman–Crippen MR) is 40.8 cm³/mol. The molecular weight excluding hydrogens is 153 g/mol. The number of nitrogens with two attached hydrogens (primary N) is 1. The monoisotopic (exact) mass is 166 g/mol. The van der Waals surface area contributed by atoms with Crippen molar-refractivity contribution in [2.75, 3.05) is 18.9 Å². The summed E-state index contributed by atoms with van der Waals surface area (Å²) in [4.78, 5) is 28.6. The number of hydrogen-bond acceptors (Lipinski definition) is 4. The van der Waals surface area contributed by atoms with Gasteiger partial charge in [-0.2, -0.15) is 0 Å². The van der Waals surface area contributed by atoms with Crippen molar-refractivity contribution in [2.45, 2.75) is 6.92 Å². The van der Waals surface area contributed by atoms with Gasteiger partial charge in [-0.05, 0) is 6.92 Å². The normalized spacial score (nSPS) is 11.6. The fourth-order valence-corrected chi connectivity index (χ4v) is 1.38. The zero-order valence-electron chi connectivity index (χ0n) is 5.95. The standard InChI is InChI=1S/C5H13NO3P/c1-2-10(8,9)4-5(7)3-6/h8-9H,2-4,6H2,1H3/q+1. The minimum atomic E-state index is -2.93. The van der Waals surface area contributed by atoms with Crippen LogP contribution in [0, 0.1) is 0 Å². The third-order valence-electron chi connectivity index (χ3n) is 1.16. The van der Waals surface area contributed by atoms with Crippen LogP contribution in [-0.4, -0.2) is 34.4 Å². The smallest absolute Gasteiger partial charge is 0.274 e. The Morgan fingerprint density at radius 2 is 2.10 bits per heavy atom. The molecule has 4 nitrogen and oxygen atoms in total. The summed E-state index contributed by atoms with van der Waals surface area (Å²) in [5.41, 5.74) is 4.98. The van der Waals surface area contributed by atoms with Crippen LogP contribution in [0.3, 0.4) is 0 Å². The summed E-state index contributed by atoms with van der Waals surface area (Å²) in [5.74, 6) is -0.291. The van der Waals surface area contributed by atoms with E-state index in [-0.39, 0.29) is 24.7 Å². The zero-order chi connectivity index (χ0) is 8.20. The Balaban J connectivity index is 3.76. The van der Waals surface area contributed by atoms with Gasteiger partial charge in [-0.1, -0.05) is 0 Å². The summed E-state index contributed by atoms with van der Waals surface area (Å²) in [6.45, 7) is 1.53. The molecule has 0 radical (unpaired) electrons. The first-order chi connectivity index (χ1) is 4.52. The van der Waals surface area contributed by atoms with Crippen LogP contribution < -0.4 is 5.73 Å². The molecule has 0 aliphatic rings. The largest absolute Gasteiger partial charge is 0.324 e. The van der Waals surface area contributed by atoms with Crippen molar-refractivity contribution in [3.05, 3.63) is 0 Å². The van der Waals surface area contributed by atoms with Gasteiger partial charge in [0.25, 0.3) is 7.72 Å². The number of rotatable bonds is 4. The second kappa shape index (κ2) is 3.98. The van der Waals surface area contributed by atoms with E-state index in [2.05, 4.69) is 0 Å². The molecule has 0 heterocycles. The molecule has 0 saturated carbocycles. The number of Topliss-reactive ketones (excluding diaryl/α,β-unsaturated/α-hetero) is 1. The summed E-state index contributed by atoms with van der Waals surface area (Å²) in [7, 11) is -2.93. The Hall–Kier alpha value is -0.0200. The van der Waals surface area contributed by atoms with E-state index in [1.54, 1.807) is 6.92 Å². The first-order valence-corrected chi connectivity index (χ1v) is 5.12. The van der Waals surface area contributed by atoms with Crippen LogP contribution in [0.2, 0.25) is 0 Å². The summed E-state index contributed by atoms with van der Waals surface area (Å²) < 4.78 is 0. The summed E-state index contributed by atoms with van der Waals surface area (Å²) in [6, 6.07) is 0. The van der Waals surface area contributed by atoms with Crippen molar-refractivity contribution >= 4 is 13.5 Å². The SMILES string of the molecule is CC[P+](O)(O)CC(=O)CN. The first-order valence-electron chi connectivity index (χ1n) is 3.06. The van der Waals surface area contributed by atoms with E-state index in [9.17, 15) is 4.79 Å². The average Bonchev–Trinajstić information content (AvgIpc) is 1.87. The Labute approximate surface area is 60.5 Å². The minimum absolute atomic E-state index is 0.108. The number of hydrogen-bond donors (Lipinski definition) is 3. The lowest BCUT2D eigenvalue weighted by molar-refractivity contribution is -0.115. The van der Waals surface area contributed by atoms with Crippen LogP contribution in [-0.2, 0) is 4.79 Å². The quantitative estimate of drug-likeness (QED) is 0.485. The third-order valence-corrected chi connectivity index (χ3v) is 3.04. The van der Waals surface area contributed by atoms with Gasteiger partial charge in [0.1, 0.15) is 6.16 Å². The summed E-state index contributed by atoms with van der Waals surface area (Å²) in [6.07, 6.45) is 0.0821. The molecular formula is C5H13NO3P+. The predicted octanol–water partition coefficient (Wildman–Crippen LogP) is -0.634. The van der Waals surface area contributed by atoms with Crippen LogP contribution >= 0.6 is 7.72 Å². The van der Waals surface area contributed by atoms with Gasteiger partial charge in [-0.15, -0.1) is 0 Å². The second-order valence-corrected chi connectivity index (χ2v) is 4.80. The molecule has 0 aromatic rings. The highest BCUT2D eigenvalue weighted by atomic mass is 31.2. The van der Waals surface area contributed by atoms with E-state index in [4.69, 9.17) is 15.5 Å². The Morgan fingerprint density at radius 3 is 2.40 bits per heavy atom. The van der Waals surface area contributed by atoms with Gasteiger partial charge in [0.05, 0.1) is 6.54 Å². The van der Waals surface area contributed by atoms with Crippen molar-refractivity contribution < 1.29 is 14.6 Å². The Bertz CT molecular complexity index is 126. The second-order valence-electron chi connectivity index (χ2n) is 2.10. The van der Waals surface area contributed by atoms with E-state index >= 15 is 0 Å². The van der Waals surface area contributed by atoms with Gasteiger partial charge in [0.15, 0.2) is 11.9 Å². The lowest BCUT2D eigenvalue weighted by Crippen LogP contribution is -2.19. The van der Waals surface area contributed by atoms with Crippen molar-refractivity contribution in [1.82, 2.24) is 0 Å². The molecule has 60 valence electrons. The van der Waals surface area contributed by atoms with E-state index in [1.165, 1.54) is 0 Å². The molecule has 10 heavy (non-hydrogen) atoms. The molecule has 0 aromatic heterocycles. The van der Waals surface area contributed by atoms with Crippen LogP contribution in [0.4, 0.5) is 0 Å². The maximum atomic E-state index is 10.6. The van der Waals surface area contributed by atoms with Crippen LogP contribution in [0.25, 0.3) is 0 Å². The fraction of sp³-hybridized carbons (Fsp3) is 0.800. The maximum absolute atomic E-state index is 10.6. The summed E-state index contributed by atoms with van der Waals surface area (Å²) in [5, 5.41) is 0. The van der Waals surface area contributed by atoms with E-state index in [0.717, 1.165) is 0 Å². The molecule has 0 bridgehead atoms. The fourth-order valence-electron chi connectivity index (χ4n) is 0.459. The molecule has 0 fully saturated rings. The number of carbonyl (C=O) groups is 1. The van der Waals surface area contributed by atoms with E-state index < -0.39 is 7.72 Å². The zero-order valence-corrected chi connectivity index (χ0v) is 6.84. The first kappa shape index (κ1) is 9.98. The molecule has 4 N–H and O–H groups in total. The summed E-state index contributed by atoms with van der Waals surface area (Å²) >= 11 is 0. The molecule has 0 saturated heterocycles. The highest BCUT2D eigenvalue weighted by Crippen LogP contribution is 2.48. The van der Waals surface area contributed by atoms with Gasteiger partial charge in [0, 0.05) is 0 Å². The topological polar surface area (TPSA) is 83.5 Å². The number of ketones is 1. The van der Waals surface area contributed by atoms with Crippen LogP contribution in [0.15, 0.2) is 0 Å². The maximum Gasteiger partial charge on any atom is 0.274 e. The molecule has 0 atom stereocenters. The van der Waals surface area contributed by atoms with E-state index in [1.807, 2.05) is 0 Å². The molecule has 0 aromatic carbocycles. The van der Waals surface area contributed by atoms with Crippen molar-refractivity contribution in [1.29, 1.82) is 0 Å². The number of carbonyl (C=O) groups excluding carboxylic acids is 1. The van der Waals surface area contributed by atoms with Gasteiger partial charge in [0.2, 0.25) is 0 Å². The minimum Gasteiger partial charge on any atom is -0.324 e. The van der Waals surface area contributed by atoms with Crippen molar-refractivity contribution in [3.63, 3.8) is 0 Å². The Morgan fingerprint density at radius 1 is 1.60 bits per heavy atom. The van der Waals surface area contributed by atoms with Crippen LogP contribution in [0.5, 0.6) is 0 Å². The average molecular weight is 166 g/mol.